The fourth-order valence-electron chi connectivity index (χ4n) is 1.32. The molecule has 13 heavy (non-hydrogen) atoms. The van der Waals surface area contributed by atoms with Crippen LogP contribution in [0, 0.1) is 21.8 Å². The Hall–Kier alpha value is -0.600. The highest BCUT2D eigenvalue weighted by Crippen LogP contribution is 2.33. The largest absolute Gasteiger partial charge is 0.192 e. The normalized spacial score (nSPS) is 10.2. The molecular weight excluding hydrogens is 293 g/mol. The number of hydrogen-bond acceptors (Lipinski definition) is 2. The lowest BCUT2D eigenvalue weighted by molar-refractivity contribution is 1.48. The summed E-state index contributed by atoms with van der Waals surface area (Å²) in [6.07, 6.45) is 0. The Bertz CT molecular complexity index is 507. The van der Waals surface area contributed by atoms with Crippen LogP contribution in [0.5, 0.6) is 0 Å². The van der Waals surface area contributed by atoms with E-state index in [0.29, 0.717) is 0 Å². The molecule has 1 aromatic heterocycles. The van der Waals surface area contributed by atoms with Crippen LogP contribution in [0.2, 0.25) is 0 Å². The van der Waals surface area contributed by atoms with Gasteiger partial charge in [0, 0.05) is 8.27 Å². The van der Waals surface area contributed by atoms with Gasteiger partial charge >= 0.3 is 0 Å². The summed E-state index contributed by atoms with van der Waals surface area (Å²) in [5.41, 5.74) is 1.11. The zero-order valence-electron chi connectivity index (χ0n) is 6.97. The molecule has 0 aliphatic rings. The van der Waals surface area contributed by atoms with Gasteiger partial charge in [0.15, 0.2) is 0 Å². The van der Waals surface area contributed by atoms with Gasteiger partial charge in [-0.05, 0) is 46.5 Å². The second-order valence-corrected chi connectivity index (χ2v) is 4.97. The maximum absolute atomic E-state index is 8.87. The zero-order chi connectivity index (χ0) is 9.42. The van der Waals surface area contributed by atoms with E-state index in [1.165, 1.54) is 13.7 Å². The zero-order valence-corrected chi connectivity index (χ0v) is 9.94. The van der Waals surface area contributed by atoms with Gasteiger partial charge in [-0.15, -0.1) is 11.3 Å². The minimum Gasteiger partial charge on any atom is -0.192 e. The third kappa shape index (κ3) is 1.34. The van der Waals surface area contributed by atoms with Crippen LogP contribution >= 0.6 is 33.9 Å². The summed E-state index contributed by atoms with van der Waals surface area (Å²) in [4.78, 5) is 0.833. The number of hydrogen-bond donors (Lipinski definition) is 0. The first kappa shape index (κ1) is 8.97. The van der Waals surface area contributed by atoms with Crippen LogP contribution in [-0.4, -0.2) is 0 Å². The Morgan fingerprint density at radius 2 is 2.23 bits per heavy atom. The molecule has 2 rings (SSSR count). The summed E-state index contributed by atoms with van der Waals surface area (Å²) in [6.45, 7) is 2.01. The smallest absolute Gasteiger partial charge is 0.110 e. The van der Waals surface area contributed by atoms with Crippen LogP contribution in [0.25, 0.3) is 10.1 Å². The average molecular weight is 299 g/mol. The molecule has 0 fully saturated rings. The number of rotatable bonds is 0. The van der Waals surface area contributed by atoms with Gasteiger partial charge in [0.1, 0.15) is 10.9 Å². The lowest BCUT2D eigenvalue weighted by Gasteiger charge is -1.92. The van der Waals surface area contributed by atoms with Crippen LogP contribution in [0.3, 0.4) is 0 Å². The number of thiophene rings is 1. The van der Waals surface area contributed by atoms with Crippen LogP contribution in [0.1, 0.15) is 10.4 Å². The Morgan fingerprint density at radius 1 is 1.46 bits per heavy atom. The monoisotopic (exact) mass is 299 g/mol. The van der Waals surface area contributed by atoms with E-state index in [9.17, 15) is 0 Å². The molecule has 0 N–H and O–H groups in total. The van der Waals surface area contributed by atoms with Crippen molar-refractivity contribution in [2.75, 3.05) is 0 Å². The molecule has 1 aromatic carbocycles. The van der Waals surface area contributed by atoms with E-state index >= 15 is 0 Å². The van der Waals surface area contributed by atoms with Crippen LogP contribution in [0.4, 0.5) is 0 Å². The summed E-state index contributed by atoms with van der Waals surface area (Å²) in [5.74, 6) is 0. The third-order valence-corrected chi connectivity index (χ3v) is 4.53. The lowest BCUT2D eigenvalue weighted by atomic mass is 10.1. The van der Waals surface area contributed by atoms with E-state index in [4.69, 9.17) is 5.26 Å². The van der Waals surface area contributed by atoms with Crippen molar-refractivity contribution in [2.45, 2.75) is 6.92 Å². The molecule has 64 valence electrons. The molecule has 0 saturated heterocycles. The van der Waals surface area contributed by atoms with Crippen molar-refractivity contribution in [2.24, 2.45) is 0 Å². The first-order chi connectivity index (χ1) is 6.24. The van der Waals surface area contributed by atoms with Gasteiger partial charge in [0.25, 0.3) is 0 Å². The number of aryl methyl sites for hydroxylation is 1. The van der Waals surface area contributed by atoms with E-state index in [1.807, 2.05) is 13.0 Å². The molecule has 1 heterocycles. The number of nitrogens with zero attached hydrogens (tertiary/aromatic N) is 1. The van der Waals surface area contributed by atoms with E-state index < -0.39 is 0 Å². The number of nitriles is 1. The summed E-state index contributed by atoms with van der Waals surface area (Å²) in [7, 11) is 0. The fourth-order valence-corrected chi connectivity index (χ4v) is 3.15. The van der Waals surface area contributed by atoms with Gasteiger partial charge in [0.2, 0.25) is 0 Å². The SMILES string of the molecule is Cc1c(C#N)sc2c(I)cccc12. The van der Waals surface area contributed by atoms with Crippen LogP contribution in [-0.2, 0) is 0 Å². The first-order valence-electron chi connectivity index (χ1n) is 3.81. The summed E-state index contributed by atoms with van der Waals surface area (Å²) in [6, 6.07) is 8.40. The highest BCUT2D eigenvalue weighted by Gasteiger charge is 2.08. The minimum atomic E-state index is 0.833. The van der Waals surface area contributed by atoms with Gasteiger partial charge < -0.3 is 0 Å². The number of halogens is 1. The van der Waals surface area contributed by atoms with Crippen molar-refractivity contribution in [3.8, 4) is 6.07 Å². The molecule has 1 nitrogen and oxygen atoms in total. The van der Waals surface area contributed by atoms with Crippen molar-refractivity contribution in [3.05, 3.63) is 32.2 Å². The molecular formula is C10H6INS. The molecule has 3 heteroatoms. The molecule has 0 bridgehead atoms. The Balaban J connectivity index is 2.94. The third-order valence-electron chi connectivity index (χ3n) is 2.02. The van der Waals surface area contributed by atoms with Gasteiger partial charge in [-0.3, -0.25) is 0 Å². The maximum Gasteiger partial charge on any atom is 0.110 e. The summed E-state index contributed by atoms with van der Waals surface area (Å²) < 4.78 is 2.46. The molecule has 0 aliphatic carbocycles. The van der Waals surface area contributed by atoms with Crippen LogP contribution in [0.15, 0.2) is 18.2 Å². The predicted octanol–water partition coefficient (Wildman–Crippen LogP) is 3.69. The average Bonchev–Trinajstić information content (AvgIpc) is 2.45. The molecule has 2 aromatic rings. The molecule has 0 radical (unpaired) electrons. The van der Waals surface area contributed by atoms with E-state index in [-0.39, 0.29) is 0 Å². The fraction of sp³-hybridized carbons (Fsp3) is 0.100. The summed E-state index contributed by atoms with van der Waals surface area (Å²) in [5, 5.41) is 10.1. The molecule has 0 amide bonds. The van der Waals surface area contributed by atoms with Crippen molar-refractivity contribution in [1.82, 2.24) is 0 Å². The van der Waals surface area contributed by atoms with Crippen molar-refractivity contribution < 1.29 is 0 Å². The quantitative estimate of drug-likeness (QED) is 0.681. The maximum atomic E-state index is 8.87. The van der Waals surface area contributed by atoms with E-state index in [1.54, 1.807) is 11.3 Å². The van der Waals surface area contributed by atoms with Gasteiger partial charge in [0.05, 0.1) is 0 Å². The molecule has 0 unspecified atom stereocenters. The number of benzene rings is 1. The Kier molecular flexibility index (Phi) is 2.26. The van der Waals surface area contributed by atoms with Crippen molar-refractivity contribution in [3.63, 3.8) is 0 Å². The van der Waals surface area contributed by atoms with Crippen LogP contribution < -0.4 is 0 Å². The summed E-state index contributed by atoms with van der Waals surface area (Å²) >= 11 is 3.89. The molecule has 0 atom stereocenters. The topological polar surface area (TPSA) is 23.8 Å². The predicted molar refractivity (Wildman–Crippen MR) is 64.0 cm³/mol. The minimum absolute atomic E-state index is 0.833. The standard InChI is InChI=1S/C10H6INS/c1-6-7-3-2-4-8(11)10(7)13-9(6)5-12/h2-4H,1H3. The highest BCUT2D eigenvalue weighted by molar-refractivity contribution is 14.1. The van der Waals surface area contributed by atoms with Gasteiger partial charge in [-0.1, -0.05) is 12.1 Å². The van der Waals surface area contributed by atoms with E-state index in [2.05, 4.69) is 40.8 Å². The molecule has 0 spiro atoms. The van der Waals surface area contributed by atoms with Gasteiger partial charge in [-0.25, -0.2) is 0 Å². The van der Waals surface area contributed by atoms with Gasteiger partial charge in [-0.2, -0.15) is 5.26 Å². The Morgan fingerprint density at radius 3 is 2.85 bits per heavy atom. The van der Waals surface area contributed by atoms with Crippen molar-refractivity contribution >= 4 is 44.0 Å². The molecule has 0 aliphatic heterocycles. The Labute approximate surface area is 94.1 Å². The second kappa shape index (κ2) is 3.28. The number of fused-ring (bicyclic) bond motifs is 1. The molecule has 0 saturated carbocycles. The second-order valence-electron chi connectivity index (χ2n) is 2.78. The van der Waals surface area contributed by atoms with Crippen molar-refractivity contribution in [1.29, 1.82) is 5.26 Å². The van der Waals surface area contributed by atoms with E-state index in [0.717, 1.165) is 10.4 Å². The lowest BCUT2D eigenvalue weighted by Crippen LogP contribution is -1.72. The highest BCUT2D eigenvalue weighted by atomic mass is 127. The first-order valence-corrected chi connectivity index (χ1v) is 5.71.